The number of fused-ring (bicyclic) bond motifs is 1. The maximum absolute atomic E-state index is 13.2. The highest BCUT2D eigenvalue weighted by atomic mass is 16.5. The maximum Gasteiger partial charge on any atom is 0.276 e. The Morgan fingerprint density at radius 3 is 2.48 bits per heavy atom. The van der Waals surface area contributed by atoms with Crippen LogP contribution in [0.5, 0.6) is 11.5 Å². The van der Waals surface area contributed by atoms with Crippen molar-refractivity contribution >= 4 is 11.6 Å². The largest absolute Gasteiger partial charge is 0.497 e. The van der Waals surface area contributed by atoms with Crippen LogP contribution < -0.4 is 14.4 Å². The summed E-state index contributed by atoms with van der Waals surface area (Å²) in [6, 6.07) is 15.8. The standard InChI is InChI=1S/C24H27N5O4/c1-31-19-8-6-17(7-9-19)22-15-29-21(16-33-22)23(25-26-29)24(30)28-12-10-27(11-13-28)18-4-3-5-20(14-18)32-2/h3-9,14,22H,10-13,15-16H2,1-2H3. The Morgan fingerprint density at radius 1 is 1.00 bits per heavy atom. The van der Waals surface area contributed by atoms with Gasteiger partial charge in [0.2, 0.25) is 0 Å². The first-order valence-electron chi connectivity index (χ1n) is 11.0. The van der Waals surface area contributed by atoms with Crippen LogP contribution in [0.1, 0.15) is 27.8 Å². The number of carbonyl (C=O) groups is 1. The van der Waals surface area contributed by atoms with Gasteiger partial charge in [-0.25, -0.2) is 4.68 Å². The van der Waals surface area contributed by atoms with E-state index >= 15 is 0 Å². The molecular weight excluding hydrogens is 422 g/mol. The van der Waals surface area contributed by atoms with Crippen LogP contribution in [0.2, 0.25) is 0 Å². The lowest BCUT2D eigenvalue weighted by molar-refractivity contribution is -0.00198. The van der Waals surface area contributed by atoms with Gasteiger partial charge in [0.25, 0.3) is 5.91 Å². The van der Waals surface area contributed by atoms with Gasteiger partial charge in [-0.05, 0) is 29.8 Å². The molecule has 0 spiro atoms. The zero-order valence-corrected chi connectivity index (χ0v) is 18.8. The molecule has 2 aromatic carbocycles. The number of anilines is 1. The van der Waals surface area contributed by atoms with Crippen molar-refractivity contribution in [2.75, 3.05) is 45.3 Å². The molecule has 172 valence electrons. The van der Waals surface area contributed by atoms with Gasteiger partial charge in [0.15, 0.2) is 5.69 Å². The van der Waals surface area contributed by atoms with E-state index in [-0.39, 0.29) is 12.0 Å². The van der Waals surface area contributed by atoms with Crippen LogP contribution in [0.15, 0.2) is 48.5 Å². The van der Waals surface area contributed by atoms with E-state index in [0.717, 1.165) is 41.5 Å². The van der Waals surface area contributed by atoms with E-state index in [2.05, 4.69) is 21.3 Å². The number of carbonyl (C=O) groups excluding carboxylic acids is 1. The average molecular weight is 450 g/mol. The number of nitrogens with zero attached hydrogens (tertiary/aromatic N) is 5. The molecule has 9 nitrogen and oxygen atoms in total. The molecule has 1 aromatic heterocycles. The highest BCUT2D eigenvalue weighted by Crippen LogP contribution is 2.29. The van der Waals surface area contributed by atoms with Crippen LogP contribution >= 0.6 is 0 Å². The number of piperazine rings is 1. The molecule has 1 saturated heterocycles. The summed E-state index contributed by atoms with van der Waals surface area (Å²) < 4.78 is 18.4. The monoisotopic (exact) mass is 449 g/mol. The number of ether oxygens (including phenoxy) is 3. The first-order valence-corrected chi connectivity index (χ1v) is 11.0. The van der Waals surface area contributed by atoms with Crippen molar-refractivity contribution in [1.29, 1.82) is 0 Å². The summed E-state index contributed by atoms with van der Waals surface area (Å²) in [5, 5.41) is 8.47. The summed E-state index contributed by atoms with van der Waals surface area (Å²) in [6.45, 7) is 3.56. The van der Waals surface area contributed by atoms with Crippen LogP contribution in [-0.4, -0.2) is 66.2 Å². The summed E-state index contributed by atoms with van der Waals surface area (Å²) in [5.41, 5.74) is 3.26. The molecule has 0 N–H and O–H groups in total. The Morgan fingerprint density at radius 2 is 1.76 bits per heavy atom. The number of aromatic nitrogens is 3. The molecule has 5 rings (SSSR count). The molecule has 1 unspecified atom stereocenters. The second-order valence-electron chi connectivity index (χ2n) is 8.12. The topological polar surface area (TPSA) is 82.0 Å². The minimum absolute atomic E-state index is 0.0898. The number of benzene rings is 2. The van der Waals surface area contributed by atoms with Gasteiger partial charge in [-0.2, -0.15) is 0 Å². The Kier molecular flexibility index (Phi) is 5.87. The van der Waals surface area contributed by atoms with Crippen LogP contribution in [0.4, 0.5) is 5.69 Å². The minimum atomic E-state index is -0.139. The van der Waals surface area contributed by atoms with Crippen LogP contribution in [0, 0.1) is 0 Å². The number of hydrogen-bond donors (Lipinski definition) is 0. The fraction of sp³-hybridized carbons (Fsp3) is 0.375. The van der Waals surface area contributed by atoms with Crippen molar-refractivity contribution in [2.24, 2.45) is 0 Å². The predicted octanol–water partition coefficient (Wildman–Crippen LogP) is 2.53. The van der Waals surface area contributed by atoms with Crippen LogP contribution in [-0.2, 0) is 17.9 Å². The average Bonchev–Trinajstić information content (AvgIpc) is 3.32. The van der Waals surface area contributed by atoms with Gasteiger partial charge < -0.3 is 24.0 Å². The second-order valence-corrected chi connectivity index (χ2v) is 8.12. The molecule has 9 heteroatoms. The van der Waals surface area contributed by atoms with Crippen molar-refractivity contribution in [1.82, 2.24) is 19.9 Å². The maximum atomic E-state index is 13.2. The van der Waals surface area contributed by atoms with Crippen molar-refractivity contribution in [3.8, 4) is 11.5 Å². The quantitative estimate of drug-likeness (QED) is 0.592. The minimum Gasteiger partial charge on any atom is -0.497 e. The molecule has 0 bridgehead atoms. The molecule has 3 heterocycles. The number of rotatable bonds is 5. The summed E-state index contributed by atoms with van der Waals surface area (Å²) in [6.07, 6.45) is -0.139. The Balaban J connectivity index is 1.23. The predicted molar refractivity (Wildman–Crippen MR) is 122 cm³/mol. The van der Waals surface area contributed by atoms with E-state index in [9.17, 15) is 4.79 Å². The third-order valence-corrected chi connectivity index (χ3v) is 6.27. The zero-order chi connectivity index (χ0) is 22.8. The third-order valence-electron chi connectivity index (χ3n) is 6.27. The lowest BCUT2D eigenvalue weighted by Gasteiger charge is -2.36. The lowest BCUT2D eigenvalue weighted by Crippen LogP contribution is -2.49. The Bertz CT molecular complexity index is 1120. The SMILES string of the molecule is COc1ccc(C2Cn3nnc(C(=O)N4CCN(c5cccc(OC)c5)CC4)c3CO2)cc1. The lowest BCUT2D eigenvalue weighted by atomic mass is 10.1. The summed E-state index contributed by atoms with van der Waals surface area (Å²) in [4.78, 5) is 17.3. The van der Waals surface area contributed by atoms with E-state index in [0.29, 0.717) is 31.9 Å². The zero-order valence-electron chi connectivity index (χ0n) is 18.8. The van der Waals surface area contributed by atoms with Gasteiger partial charge in [-0.15, -0.1) is 5.10 Å². The molecule has 2 aliphatic rings. The van der Waals surface area contributed by atoms with Crippen molar-refractivity contribution in [3.63, 3.8) is 0 Å². The summed E-state index contributed by atoms with van der Waals surface area (Å²) in [7, 11) is 3.31. The highest BCUT2D eigenvalue weighted by Gasteiger charge is 2.31. The molecule has 3 aromatic rings. The van der Waals surface area contributed by atoms with E-state index in [4.69, 9.17) is 14.2 Å². The second kappa shape index (κ2) is 9.11. The Labute approximate surface area is 192 Å². The summed E-state index contributed by atoms with van der Waals surface area (Å²) in [5.74, 6) is 1.54. The van der Waals surface area contributed by atoms with Crippen molar-refractivity contribution in [3.05, 3.63) is 65.5 Å². The molecule has 0 aliphatic carbocycles. The number of methoxy groups -OCH3 is 2. The van der Waals surface area contributed by atoms with Gasteiger partial charge in [-0.3, -0.25) is 4.79 Å². The van der Waals surface area contributed by atoms with E-state index in [1.165, 1.54) is 0 Å². The smallest absolute Gasteiger partial charge is 0.276 e. The highest BCUT2D eigenvalue weighted by molar-refractivity contribution is 5.93. The Hall–Kier alpha value is -3.59. The van der Waals surface area contributed by atoms with E-state index < -0.39 is 0 Å². The third kappa shape index (κ3) is 4.23. The molecule has 0 saturated carbocycles. The van der Waals surface area contributed by atoms with Crippen molar-refractivity contribution in [2.45, 2.75) is 19.3 Å². The molecule has 1 fully saturated rings. The van der Waals surface area contributed by atoms with Gasteiger partial charge in [0.1, 0.15) is 17.6 Å². The van der Waals surface area contributed by atoms with Gasteiger partial charge in [0.05, 0.1) is 33.1 Å². The first-order chi connectivity index (χ1) is 16.2. The van der Waals surface area contributed by atoms with E-state index in [1.54, 1.807) is 18.9 Å². The van der Waals surface area contributed by atoms with Gasteiger partial charge in [-0.1, -0.05) is 23.4 Å². The van der Waals surface area contributed by atoms with E-state index in [1.807, 2.05) is 47.4 Å². The fourth-order valence-corrected chi connectivity index (χ4v) is 4.32. The van der Waals surface area contributed by atoms with Gasteiger partial charge in [0, 0.05) is 37.9 Å². The van der Waals surface area contributed by atoms with Crippen LogP contribution in [0.3, 0.4) is 0 Å². The molecular formula is C24H27N5O4. The molecule has 1 amide bonds. The molecule has 1 atom stereocenters. The molecule has 33 heavy (non-hydrogen) atoms. The first kappa shape index (κ1) is 21.3. The van der Waals surface area contributed by atoms with Crippen LogP contribution in [0.25, 0.3) is 0 Å². The van der Waals surface area contributed by atoms with Gasteiger partial charge >= 0.3 is 0 Å². The normalized spacial score (nSPS) is 18.1. The molecule has 2 aliphatic heterocycles. The fourth-order valence-electron chi connectivity index (χ4n) is 4.32. The number of hydrogen-bond acceptors (Lipinski definition) is 7. The van der Waals surface area contributed by atoms with Crippen molar-refractivity contribution < 1.29 is 19.0 Å². The summed E-state index contributed by atoms with van der Waals surface area (Å²) >= 11 is 0. The molecule has 0 radical (unpaired) electrons. The number of amides is 1.